The number of nitrogens with zero attached hydrogens (tertiary/aromatic N) is 1. The van der Waals surface area contributed by atoms with E-state index in [-0.39, 0.29) is 29.6 Å². The zero-order chi connectivity index (χ0) is 20.8. The van der Waals surface area contributed by atoms with Crippen LogP contribution in [0.5, 0.6) is 0 Å². The van der Waals surface area contributed by atoms with Crippen molar-refractivity contribution in [3.63, 3.8) is 0 Å². The van der Waals surface area contributed by atoms with Crippen molar-refractivity contribution in [1.82, 2.24) is 27.2 Å². The number of nitrogens with one attached hydrogen (secondary N) is 5. The van der Waals surface area contributed by atoms with Crippen LogP contribution in [0, 0.1) is 0 Å². The molecule has 3 aliphatic heterocycles. The smallest absolute Gasteiger partial charge is 0.239 e. The standard InChI is InChI=1S/C15H26N8O4S2/c16-9-2-1-5-23(8-9)11-3-4-12(28(24,25)10-6-18-7-10)14(29(17,26)27)13(11)15-19-21-22-20-15/h3-4,9-10,15,18-22H,1-2,5-8,16H2,(H2,17,26,27)/t9-/m0/s1. The first kappa shape index (κ1) is 20.9. The summed E-state index contributed by atoms with van der Waals surface area (Å²) in [6.45, 7) is 1.75. The molecule has 1 atom stereocenters. The van der Waals surface area contributed by atoms with Crippen molar-refractivity contribution < 1.29 is 16.8 Å². The molecule has 12 nitrogen and oxygen atoms in total. The lowest BCUT2D eigenvalue weighted by Gasteiger charge is -2.36. The second kappa shape index (κ2) is 7.72. The van der Waals surface area contributed by atoms with Gasteiger partial charge in [0.25, 0.3) is 0 Å². The fourth-order valence-electron chi connectivity index (χ4n) is 3.93. The van der Waals surface area contributed by atoms with Crippen molar-refractivity contribution in [2.75, 3.05) is 31.1 Å². The normalized spacial score (nSPS) is 24.6. The van der Waals surface area contributed by atoms with E-state index in [0.717, 1.165) is 12.8 Å². The lowest BCUT2D eigenvalue weighted by Crippen LogP contribution is -2.51. The molecule has 3 fully saturated rings. The minimum atomic E-state index is -4.37. The summed E-state index contributed by atoms with van der Waals surface area (Å²) in [5.74, 6) is 0. The maximum absolute atomic E-state index is 13.1. The molecule has 1 aromatic carbocycles. The van der Waals surface area contributed by atoms with Crippen LogP contribution < -0.4 is 43.0 Å². The average Bonchev–Trinajstić information content (AvgIpc) is 3.12. The molecule has 0 saturated carbocycles. The van der Waals surface area contributed by atoms with Crippen molar-refractivity contribution in [3.8, 4) is 0 Å². The van der Waals surface area contributed by atoms with Crippen LogP contribution in [-0.4, -0.2) is 54.3 Å². The van der Waals surface area contributed by atoms with Gasteiger partial charge in [-0.15, -0.1) is 0 Å². The van der Waals surface area contributed by atoms with E-state index in [0.29, 0.717) is 18.8 Å². The summed E-state index contributed by atoms with van der Waals surface area (Å²) in [4.78, 5) is 1.31. The molecule has 1 aromatic rings. The Labute approximate surface area is 169 Å². The van der Waals surface area contributed by atoms with Gasteiger partial charge in [-0.2, -0.15) is 11.1 Å². The van der Waals surface area contributed by atoms with Crippen molar-refractivity contribution in [2.24, 2.45) is 10.9 Å². The van der Waals surface area contributed by atoms with Gasteiger partial charge in [-0.3, -0.25) is 0 Å². The third-order valence-corrected chi connectivity index (χ3v) is 8.80. The zero-order valence-electron chi connectivity index (χ0n) is 15.7. The van der Waals surface area contributed by atoms with Gasteiger partial charge in [0, 0.05) is 43.5 Å². The summed E-state index contributed by atoms with van der Waals surface area (Å²) in [5, 5.41) is 7.78. The van der Waals surface area contributed by atoms with E-state index in [2.05, 4.69) is 27.2 Å². The van der Waals surface area contributed by atoms with E-state index >= 15 is 0 Å². The number of sulfone groups is 1. The van der Waals surface area contributed by atoms with Gasteiger partial charge < -0.3 is 16.0 Å². The van der Waals surface area contributed by atoms with Gasteiger partial charge in [-0.25, -0.2) is 32.8 Å². The van der Waals surface area contributed by atoms with Gasteiger partial charge >= 0.3 is 0 Å². The van der Waals surface area contributed by atoms with Crippen molar-refractivity contribution in [1.29, 1.82) is 0 Å². The van der Waals surface area contributed by atoms with Gasteiger partial charge in [-0.1, -0.05) is 0 Å². The van der Waals surface area contributed by atoms with Gasteiger partial charge in [0.15, 0.2) is 9.84 Å². The van der Waals surface area contributed by atoms with Crippen LogP contribution >= 0.6 is 0 Å². The van der Waals surface area contributed by atoms with E-state index in [1.807, 2.05) is 4.90 Å². The lowest BCUT2D eigenvalue weighted by molar-refractivity contribution is 0.487. The van der Waals surface area contributed by atoms with Gasteiger partial charge in [0.2, 0.25) is 10.0 Å². The lowest BCUT2D eigenvalue weighted by atomic mass is 10.0. The first-order valence-electron chi connectivity index (χ1n) is 9.35. The van der Waals surface area contributed by atoms with E-state index in [4.69, 9.17) is 10.9 Å². The third-order valence-electron chi connectivity index (χ3n) is 5.49. The first-order valence-corrected chi connectivity index (χ1v) is 12.4. The number of sulfonamides is 1. The number of piperidine rings is 1. The third kappa shape index (κ3) is 3.87. The fraction of sp³-hybridized carbons (Fsp3) is 0.600. The van der Waals surface area contributed by atoms with Crippen LogP contribution in [0.3, 0.4) is 0 Å². The number of rotatable bonds is 5. The number of anilines is 1. The Hall–Kier alpha value is -1.36. The molecule has 4 rings (SSSR count). The monoisotopic (exact) mass is 446 g/mol. The van der Waals surface area contributed by atoms with E-state index in [9.17, 15) is 16.8 Å². The molecule has 0 aromatic heterocycles. The molecule has 0 radical (unpaired) electrons. The van der Waals surface area contributed by atoms with Crippen LogP contribution in [-0.2, 0) is 19.9 Å². The van der Waals surface area contributed by atoms with E-state index in [1.54, 1.807) is 6.07 Å². The highest BCUT2D eigenvalue weighted by atomic mass is 32.2. The molecular weight excluding hydrogens is 420 g/mol. The zero-order valence-corrected chi connectivity index (χ0v) is 17.3. The van der Waals surface area contributed by atoms with Crippen molar-refractivity contribution >= 4 is 25.5 Å². The Morgan fingerprint density at radius 1 is 1.07 bits per heavy atom. The molecule has 3 saturated heterocycles. The maximum atomic E-state index is 13.1. The molecule has 29 heavy (non-hydrogen) atoms. The second-order valence-electron chi connectivity index (χ2n) is 7.52. The Kier molecular flexibility index (Phi) is 5.56. The van der Waals surface area contributed by atoms with Gasteiger partial charge in [0.05, 0.1) is 10.1 Å². The molecule has 9 N–H and O–H groups in total. The van der Waals surface area contributed by atoms with Crippen LogP contribution in [0.1, 0.15) is 24.6 Å². The van der Waals surface area contributed by atoms with E-state index < -0.39 is 36.2 Å². The molecule has 0 bridgehead atoms. The Morgan fingerprint density at radius 3 is 2.31 bits per heavy atom. The largest absolute Gasteiger partial charge is 0.370 e. The van der Waals surface area contributed by atoms with Crippen LogP contribution in [0.25, 0.3) is 0 Å². The number of hydrogen-bond donors (Lipinski definition) is 7. The molecule has 0 spiro atoms. The molecule has 0 amide bonds. The predicted molar refractivity (Wildman–Crippen MR) is 106 cm³/mol. The van der Waals surface area contributed by atoms with Crippen molar-refractivity contribution in [3.05, 3.63) is 17.7 Å². The summed E-state index contributed by atoms with van der Waals surface area (Å²) in [6, 6.07) is 2.94. The molecule has 14 heteroatoms. The SMILES string of the molecule is N[C@H]1CCCN(c2ccc(S(=O)(=O)C3CNC3)c(S(N)(=O)=O)c2C2NNNN2)C1. The Bertz CT molecular complexity index is 990. The van der Waals surface area contributed by atoms with Crippen LogP contribution in [0.2, 0.25) is 0 Å². The highest BCUT2D eigenvalue weighted by molar-refractivity contribution is 7.94. The number of primary sulfonamides is 1. The van der Waals surface area contributed by atoms with E-state index in [1.165, 1.54) is 6.07 Å². The minimum absolute atomic E-state index is 0.0558. The maximum Gasteiger partial charge on any atom is 0.239 e. The predicted octanol–water partition coefficient (Wildman–Crippen LogP) is -2.88. The Morgan fingerprint density at radius 2 is 1.76 bits per heavy atom. The topological polar surface area (TPSA) is 184 Å². The molecule has 0 aliphatic carbocycles. The number of hydrazine groups is 3. The molecular formula is C15H26N8O4S2. The number of hydrogen-bond acceptors (Lipinski definition) is 11. The fourth-order valence-corrected chi connectivity index (χ4v) is 7.16. The molecule has 0 unspecified atom stereocenters. The minimum Gasteiger partial charge on any atom is -0.370 e. The first-order chi connectivity index (χ1) is 13.7. The second-order valence-corrected chi connectivity index (χ2v) is 11.2. The van der Waals surface area contributed by atoms with Gasteiger partial charge in [-0.05, 0) is 25.0 Å². The summed E-state index contributed by atoms with van der Waals surface area (Å²) in [6.07, 6.45) is 0.991. The Balaban J connectivity index is 1.94. The van der Waals surface area contributed by atoms with Crippen LogP contribution in [0.4, 0.5) is 5.69 Å². The summed E-state index contributed by atoms with van der Waals surface area (Å²) in [7, 11) is -8.26. The number of nitrogens with two attached hydrogens (primary N) is 2. The summed E-state index contributed by atoms with van der Waals surface area (Å²) < 4.78 is 51.6. The highest BCUT2D eigenvalue weighted by Crippen LogP contribution is 2.38. The number of benzene rings is 1. The molecule has 3 heterocycles. The molecule has 162 valence electrons. The quantitative estimate of drug-likeness (QED) is 0.246. The highest BCUT2D eigenvalue weighted by Gasteiger charge is 2.40. The van der Waals surface area contributed by atoms with Gasteiger partial charge in [0.1, 0.15) is 11.1 Å². The van der Waals surface area contributed by atoms with Crippen molar-refractivity contribution in [2.45, 2.75) is 40.1 Å². The summed E-state index contributed by atoms with van der Waals surface area (Å²) in [5.41, 5.74) is 17.9. The average molecular weight is 447 g/mol. The van der Waals surface area contributed by atoms with Crippen LogP contribution in [0.15, 0.2) is 21.9 Å². The molecule has 3 aliphatic rings. The summed E-state index contributed by atoms with van der Waals surface area (Å²) >= 11 is 0.